The maximum Gasteiger partial charge on any atom is 0.246 e. The van der Waals surface area contributed by atoms with Gasteiger partial charge in [-0.15, -0.1) is 10.2 Å². The van der Waals surface area contributed by atoms with Gasteiger partial charge in [0.2, 0.25) is 10.0 Å². The summed E-state index contributed by atoms with van der Waals surface area (Å²) in [5, 5.41) is 11.4. The zero-order valence-electron chi connectivity index (χ0n) is 16.4. The van der Waals surface area contributed by atoms with Crippen LogP contribution in [0, 0.1) is 5.82 Å². The van der Waals surface area contributed by atoms with Crippen LogP contribution in [0.3, 0.4) is 0 Å². The summed E-state index contributed by atoms with van der Waals surface area (Å²) in [6.45, 7) is 1.03. The predicted octanol–water partition coefficient (Wildman–Crippen LogP) is 3.82. The molecule has 0 spiro atoms. The summed E-state index contributed by atoms with van der Waals surface area (Å²) < 4.78 is 45.9. The topological polar surface area (TPSA) is 84.4 Å². The third-order valence-corrected chi connectivity index (χ3v) is 6.84. The summed E-state index contributed by atoms with van der Waals surface area (Å²) in [6, 6.07) is 14.3. The minimum Gasteiger partial charge on any atom is -0.495 e. The Morgan fingerprint density at radius 1 is 1.00 bits per heavy atom. The number of methoxy groups -OCH3 is 1. The molecule has 1 fully saturated rings. The second kappa shape index (κ2) is 8.37. The van der Waals surface area contributed by atoms with Gasteiger partial charge in [0.15, 0.2) is 5.82 Å². The largest absolute Gasteiger partial charge is 0.495 e. The van der Waals surface area contributed by atoms with Crippen LogP contribution in [0.25, 0.3) is 11.3 Å². The molecule has 0 amide bonds. The lowest BCUT2D eigenvalue weighted by Gasteiger charge is -2.18. The average Bonchev–Trinajstić information content (AvgIpc) is 3.31. The van der Waals surface area contributed by atoms with E-state index in [1.165, 1.54) is 23.5 Å². The second-order valence-corrected chi connectivity index (χ2v) is 8.82. The highest BCUT2D eigenvalue weighted by Crippen LogP contribution is 2.32. The van der Waals surface area contributed by atoms with Crippen molar-refractivity contribution in [3.63, 3.8) is 0 Å². The number of ether oxygens (including phenoxy) is 1. The molecule has 1 aromatic heterocycles. The predicted molar refractivity (Wildman–Crippen MR) is 112 cm³/mol. The summed E-state index contributed by atoms with van der Waals surface area (Å²) in [4.78, 5) is 0.125. The van der Waals surface area contributed by atoms with Gasteiger partial charge in [0.1, 0.15) is 16.5 Å². The first-order valence-electron chi connectivity index (χ1n) is 9.52. The highest BCUT2D eigenvalue weighted by Gasteiger charge is 2.30. The standard InChI is InChI=1S/C21H21FN4O3S/c1-29-19-10-4-15(14-20(19)30(27,28)26-12-2-3-13-26)18-9-11-21(25-24-18)23-17-7-5-16(22)6-8-17/h4-11,14H,2-3,12-13H2,1H3,(H,23,25). The first-order valence-corrected chi connectivity index (χ1v) is 11.0. The quantitative estimate of drug-likeness (QED) is 0.643. The van der Waals surface area contributed by atoms with Crippen molar-refractivity contribution < 1.29 is 17.5 Å². The molecule has 3 aromatic rings. The third kappa shape index (κ3) is 4.12. The number of anilines is 2. The van der Waals surface area contributed by atoms with Crippen molar-refractivity contribution in [2.75, 3.05) is 25.5 Å². The maximum atomic E-state index is 13.1. The van der Waals surface area contributed by atoms with Crippen LogP contribution in [0.5, 0.6) is 5.75 Å². The van der Waals surface area contributed by atoms with Crippen LogP contribution < -0.4 is 10.1 Å². The Labute approximate surface area is 174 Å². The number of rotatable bonds is 6. The average molecular weight is 428 g/mol. The highest BCUT2D eigenvalue weighted by atomic mass is 32.2. The normalized spacial score (nSPS) is 14.6. The zero-order valence-corrected chi connectivity index (χ0v) is 17.2. The van der Waals surface area contributed by atoms with E-state index >= 15 is 0 Å². The van der Waals surface area contributed by atoms with E-state index in [0.29, 0.717) is 41.6 Å². The molecule has 1 aliphatic rings. The monoisotopic (exact) mass is 428 g/mol. The van der Waals surface area contributed by atoms with E-state index in [1.807, 2.05) is 0 Å². The van der Waals surface area contributed by atoms with Crippen LogP contribution >= 0.6 is 0 Å². The smallest absolute Gasteiger partial charge is 0.246 e. The van der Waals surface area contributed by atoms with Crippen molar-refractivity contribution in [3.8, 4) is 17.0 Å². The van der Waals surface area contributed by atoms with Crippen molar-refractivity contribution in [1.29, 1.82) is 0 Å². The minimum absolute atomic E-state index is 0.125. The summed E-state index contributed by atoms with van der Waals surface area (Å²) in [7, 11) is -2.20. The van der Waals surface area contributed by atoms with Crippen LogP contribution in [0.15, 0.2) is 59.5 Å². The molecular formula is C21H21FN4O3S. The van der Waals surface area contributed by atoms with Crippen LogP contribution in [0.4, 0.5) is 15.9 Å². The Hall–Kier alpha value is -3.04. The molecule has 0 unspecified atom stereocenters. The van der Waals surface area contributed by atoms with E-state index < -0.39 is 10.0 Å². The first-order chi connectivity index (χ1) is 14.5. The Balaban J connectivity index is 1.61. The number of aromatic nitrogens is 2. The van der Waals surface area contributed by atoms with Crippen molar-refractivity contribution in [3.05, 3.63) is 60.4 Å². The molecule has 0 bridgehead atoms. The molecule has 2 heterocycles. The van der Waals surface area contributed by atoms with Crippen molar-refractivity contribution in [2.24, 2.45) is 0 Å². The second-order valence-electron chi connectivity index (χ2n) is 6.91. The molecule has 0 atom stereocenters. The van der Waals surface area contributed by atoms with Crippen LogP contribution in [0.1, 0.15) is 12.8 Å². The molecule has 7 nitrogen and oxygen atoms in total. The van der Waals surface area contributed by atoms with Crippen LogP contribution in [0.2, 0.25) is 0 Å². The van der Waals surface area contributed by atoms with Gasteiger partial charge in [-0.1, -0.05) is 0 Å². The highest BCUT2D eigenvalue weighted by molar-refractivity contribution is 7.89. The van der Waals surface area contributed by atoms with Gasteiger partial charge in [0.25, 0.3) is 0 Å². The fourth-order valence-electron chi connectivity index (χ4n) is 3.34. The Morgan fingerprint density at radius 3 is 2.37 bits per heavy atom. The molecule has 1 saturated heterocycles. The molecule has 9 heteroatoms. The number of hydrogen-bond donors (Lipinski definition) is 1. The first kappa shape index (κ1) is 20.2. The summed E-state index contributed by atoms with van der Waals surface area (Å²) >= 11 is 0. The van der Waals surface area contributed by atoms with E-state index in [0.717, 1.165) is 12.8 Å². The van der Waals surface area contributed by atoms with Crippen molar-refractivity contribution in [2.45, 2.75) is 17.7 Å². The van der Waals surface area contributed by atoms with Gasteiger partial charge in [0, 0.05) is 24.3 Å². The Kier molecular flexibility index (Phi) is 5.65. The molecular weight excluding hydrogens is 407 g/mol. The molecule has 0 saturated carbocycles. The van der Waals surface area contributed by atoms with Crippen molar-refractivity contribution >= 4 is 21.5 Å². The third-order valence-electron chi connectivity index (χ3n) is 4.92. The molecule has 0 aliphatic carbocycles. The molecule has 4 rings (SSSR count). The molecule has 2 aromatic carbocycles. The van der Waals surface area contributed by atoms with E-state index in [4.69, 9.17) is 4.74 Å². The van der Waals surface area contributed by atoms with Crippen molar-refractivity contribution in [1.82, 2.24) is 14.5 Å². The van der Waals surface area contributed by atoms with Gasteiger partial charge in [0.05, 0.1) is 12.8 Å². The maximum absolute atomic E-state index is 13.1. The molecule has 156 valence electrons. The van der Waals surface area contributed by atoms with Crippen LogP contribution in [-0.4, -0.2) is 43.1 Å². The number of hydrogen-bond acceptors (Lipinski definition) is 6. The van der Waals surface area contributed by atoms with E-state index in [1.54, 1.807) is 42.5 Å². The van der Waals surface area contributed by atoms with Gasteiger partial charge in [-0.3, -0.25) is 0 Å². The van der Waals surface area contributed by atoms with Gasteiger partial charge in [-0.2, -0.15) is 4.31 Å². The molecule has 30 heavy (non-hydrogen) atoms. The summed E-state index contributed by atoms with van der Waals surface area (Å²) in [5.41, 5.74) is 1.83. The Bertz CT molecular complexity index is 1130. The van der Waals surface area contributed by atoms with Gasteiger partial charge in [-0.05, 0) is 67.4 Å². The summed E-state index contributed by atoms with van der Waals surface area (Å²) in [5.74, 6) is 0.471. The van der Waals surface area contributed by atoms with E-state index in [2.05, 4.69) is 15.5 Å². The zero-order chi connectivity index (χ0) is 21.1. The fraction of sp³-hybridized carbons (Fsp3) is 0.238. The van der Waals surface area contributed by atoms with E-state index in [9.17, 15) is 12.8 Å². The van der Waals surface area contributed by atoms with Gasteiger partial charge >= 0.3 is 0 Å². The lowest BCUT2D eigenvalue weighted by atomic mass is 10.1. The molecule has 0 radical (unpaired) electrons. The number of nitrogens with one attached hydrogen (secondary N) is 1. The number of sulfonamides is 1. The summed E-state index contributed by atoms with van der Waals surface area (Å²) in [6.07, 6.45) is 1.71. The van der Waals surface area contributed by atoms with Gasteiger partial charge in [-0.25, -0.2) is 12.8 Å². The van der Waals surface area contributed by atoms with Crippen LogP contribution in [-0.2, 0) is 10.0 Å². The SMILES string of the molecule is COc1ccc(-c2ccc(Nc3ccc(F)cc3)nn2)cc1S(=O)(=O)N1CCCC1. The lowest BCUT2D eigenvalue weighted by molar-refractivity contribution is 0.398. The number of nitrogens with zero attached hydrogens (tertiary/aromatic N) is 3. The number of benzene rings is 2. The lowest BCUT2D eigenvalue weighted by Crippen LogP contribution is -2.28. The fourth-order valence-corrected chi connectivity index (χ4v) is 5.04. The molecule has 1 aliphatic heterocycles. The van der Waals surface area contributed by atoms with Gasteiger partial charge < -0.3 is 10.1 Å². The molecule has 1 N–H and O–H groups in total. The minimum atomic E-state index is -3.65. The number of halogens is 1. The Morgan fingerprint density at radius 2 is 1.73 bits per heavy atom. The van der Waals surface area contributed by atoms with E-state index in [-0.39, 0.29) is 10.7 Å².